The Morgan fingerprint density at radius 3 is 2.35 bits per heavy atom. The summed E-state index contributed by atoms with van der Waals surface area (Å²) in [5.41, 5.74) is 0.693. The SMILES string of the molecule is CC1(NCC(C)(C)N2CCNCC2)CCCC1. The van der Waals surface area contributed by atoms with Crippen LogP contribution < -0.4 is 10.6 Å². The first-order chi connectivity index (χ1) is 8.02. The van der Waals surface area contributed by atoms with E-state index < -0.39 is 0 Å². The molecule has 100 valence electrons. The van der Waals surface area contributed by atoms with Gasteiger partial charge in [0.2, 0.25) is 0 Å². The van der Waals surface area contributed by atoms with Gasteiger partial charge in [-0.3, -0.25) is 4.90 Å². The molecule has 2 aliphatic rings. The third kappa shape index (κ3) is 3.43. The van der Waals surface area contributed by atoms with Gasteiger partial charge in [0.15, 0.2) is 0 Å². The Hall–Kier alpha value is -0.120. The van der Waals surface area contributed by atoms with E-state index in [1.807, 2.05) is 0 Å². The smallest absolute Gasteiger partial charge is 0.0278 e. The fourth-order valence-electron chi connectivity index (χ4n) is 3.14. The van der Waals surface area contributed by atoms with Gasteiger partial charge in [-0.15, -0.1) is 0 Å². The number of hydrogen-bond donors (Lipinski definition) is 2. The summed E-state index contributed by atoms with van der Waals surface area (Å²) in [7, 11) is 0. The van der Waals surface area contributed by atoms with Gasteiger partial charge < -0.3 is 10.6 Å². The third-order valence-corrected chi connectivity index (χ3v) is 4.63. The fraction of sp³-hybridized carbons (Fsp3) is 1.00. The Labute approximate surface area is 106 Å². The molecule has 2 rings (SSSR count). The van der Waals surface area contributed by atoms with Crippen LogP contribution in [-0.4, -0.2) is 48.7 Å². The van der Waals surface area contributed by atoms with Gasteiger partial charge in [-0.05, 0) is 33.6 Å². The minimum absolute atomic E-state index is 0.285. The van der Waals surface area contributed by atoms with Gasteiger partial charge >= 0.3 is 0 Å². The summed E-state index contributed by atoms with van der Waals surface area (Å²) < 4.78 is 0. The van der Waals surface area contributed by atoms with E-state index >= 15 is 0 Å². The molecule has 3 nitrogen and oxygen atoms in total. The second-order valence-electron chi connectivity index (χ2n) is 6.67. The van der Waals surface area contributed by atoms with Gasteiger partial charge in [0.1, 0.15) is 0 Å². The first-order valence-corrected chi connectivity index (χ1v) is 7.23. The van der Waals surface area contributed by atoms with Crippen LogP contribution >= 0.6 is 0 Å². The number of nitrogens with zero attached hydrogens (tertiary/aromatic N) is 1. The number of hydrogen-bond acceptors (Lipinski definition) is 3. The number of rotatable bonds is 4. The zero-order valence-electron chi connectivity index (χ0n) is 11.8. The molecule has 17 heavy (non-hydrogen) atoms. The molecule has 0 radical (unpaired) electrons. The maximum atomic E-state index is 3.83. The molecular weight excluding hydrogens is 210 g/mol. The van der Waals surface area contributed by atoms with Crippen molar-refractivity contribution in [3.8, 4) is 0 Å². The summed E-state index contributed by atoms with van der Waals surface area (Å²) >= 11 is 0. The molecule has 1 saturated heterocycles. The van der Waals surface area contributed by atoms with Crippen LogP contribution in [0.15, 0.2) is 0 Å². The highest BCUT2D eigenvalue weighted by molar-refractivity contribution is 4.93. The molecular formula is C14H29N3. The van der Waals surface area contributed by atoms with Gasteiger partial charge in [-0.25, -0.2) is 0 Å². The predicted molar refractivity (Wildman–Crippen MR) is 73.4 cm³/mol. The Bertz CT molecular complexity index is 238. The topological polar surface area (TPSA) is 27.3 Å². The number of piperazine rings is 1. The van der Waals surface area contributed by atoms with Crippen molar-refractivity contribution in [3.05, 3.63) is 0 Å². The molecule has 3 heteroatoms. The van der Waals surface area contributed by atoms with Crippen molar-refractivity contribution in [2.45, 2.75) is 57.5 Å². The van der Waals surface area contributed by atoms with E-state index in [1.54, 1.807) is 0 Å². The average Bonchev–Trinajstić information content (AvgIpc) is 2.76. The van der Waals surface area contributed by atoms with Crippen LogP contribution in [-0.2, 0) is 0 Å². The largest absolute Gasteiger partial charge is 0.314 e. The normalized spacial score (nSPS) is 26.3. The summed E-state index contributed by atoms with van der Waals surface area (Å²) in [6.45, 7) is 12.9. The van der Waals surface area contributed by atoms with Crippen molar-refractivity contribution in [1.82, 2.24) is 15.5 Å². The molecule has 1 heterocycles. The molecule has 1 saturated carbocycles. The molecule has 0 aromatic carbocycles. The summed E-state index contributed by atoms with van der Waals surface area (Å²) in [5, 5.41) is 7.26. The van der Waals surface area contributed by atoms with Gasteiger partial charge in [-0.1, -0.05) is 12.8 Å². The minimum Gasteiger partial charge on any atom is -0.314 e. The van der Waals surface area contributed by atoms with Crippen molar-refractivity contribution >= 4 is 0 Å². The lowest BCUT2D eigenvalue weighted by Crippen LogP contribution is -2.59. The quantitative estimate of drug-likeness (QED) is 0.780. The Morgan fingerprint density at radius 2 is 1.76 bits per heavy atom. The maximum Gasteiger partial charge on any atom is 0.0278 e. The molecule has 0 atom stereocenters. The summed E-state index contributed by atoms with van der Waals surface area (Å²) in [4.78, 5) is 2.62. The highest BCUT2D eigenvalue weighted by atomic mass is 15.3. The van der Waals surface area contributed by atoms with E-state index in [0.717, 1.165) is 19.6 Å². The highest BCUT2D eigenvalue weighted by Crippen LogP contribution is 2.29. The third-order valence-electron chi connectivity index (χ3n) is 4.63. The van der Waals surface area contributed by atoms with Gasteiger partial charge in [-0.2, -0.15) is 0 Å². The van der Waals surface area contributed by atoms with E-state index in [4.69, 9.17) is 0 Å². The van der Waals surface area contributed by atoms with Crippen molar-refractivity contribution in [1.29, 1.82) is 0 Å². The lowest BCUT2D eigenvalue weighted by Gasteiger charge is -2.43. The van der Waals surface area contributed by atoms with E-state index in [9.17, 15) is 0 Å². The monoisotopic (exact) mass is 239 g/mol. The van der Waals surface area contributed by atoms with Crippen LogP contribution in [0.2, 0.25) is 0 Å². The van der Waals surface area contributed by atoms with Crippen molar-refractivity contribution in [2.24, 2.45) is 0 Å². The van der Waals surface area contributed by atoms with Crippen molar-refractivity contribution < 1.29 is 0 Å². The highest BCUT2D eigenvalue weighted by Gasteiger charge is 2.33. The second kappa shape index (κ2) is 5.25. The summed E-state index contributed by atoms with van der Waals surface area (Å²) in [6, 6.07) is 0. The first-order valence-electron chi connectivity index (χ1n) is 7.23. The van der Waals surface area contributed by atoms with E-state index in [0.29, 0.717) is 5.54 Å². The minimum atomic E-state index is 0.285. The van der Waals surface area contributed by atoms with E-state index in [2.05, 4.69) is 36.3 Å². The Morgan fingerprint density at radius 1 is 1.18 bits per heavy atom. The molecule has 0 bridgehead atoms. The molecule has 2 fully saturated rings. The summed E-state index contributed by atoms with van der Waals surface area (Å²) in [5.74, 6) is 0. The Balaban J connectivity index is 1.83. The van der Waals surface area contributed by atoms with Crippen LogP contribution in [0.1, 0.15) is 46.5 Å². The van der Waals surface area contributed by atoms with Gasteiger partial charge in [0.05, 0.1) is 0 Å². The van der Waals surface area contributed by atoms with Crippen LogP contribution in [0, 0.1) is 0 Å². The summed E-state index contributed by atoms with van der Waals surface area (Å²) in [6.07, 6.45) is 5.50. The molecule has 0 spiro atoms. The van der Waals surface area contributed by atoms with Crippen molar-refractivity contribution in [2.75, 3.05) is 32.7 Å². The number of nitrogens with one attached hydrogen (secondary N) is 2. The van der Waals surface area contributed by atoms with Crippen molar-refractivity contribution in [3.63, 3.8) is 0 Å². The average molecular weight is 239 g/mol. The zero-order chi connectivity index (χ0) is 12.4. The maximum absolute atomic E-state index is 3.83. The lowest BCUT2D eigenvalue weighted by atomic mass is 9.96. The van der Waals surface area contributed by atoms with Crippen LogP contribution in [0.3, 0.4) is 0 Å². The first kappa shape index (κ1) is 13.3. The van der Waals surface area contributed by atoms with E-state index in [1.165, 1.54) is 38.8 Å². The molecule has 0 aromatic rings. The molecule has 0 amide bonds. The predicted octanol–water partition coefficient (Wildman–Crippen LogP) is 1.59. The molecule has 0 unspecified atom stereocenters. The molecule has 1 aliphatic heterocycles. The lowest BCUT2D eigenvalue weighted by molar-refractivity contribution is 0.0938. The molecule has 1 aliphatic carbocycles. The molecule has 2 N–H and O–H groups in total. The molecule has 0 aromatic heterocycles. The van der Waals surface area contributed by atoms with Crippen LogP contribution in [0.25, 0.3) is 0 Å². The van der Waals surface area contributed by atoms with E-state index in [-0.39, 0.29) is 5.54 Å². The van der Waals surface area contributed by atoms with Gasteiger partial charge in [0.25, 0.3) is 0 Å². The van der Waals surface area contributed by atoms with Crippen LogP contribution in [0.4, 0.5) is 0 Å². The second-order valence-corrected chi connectivity index (χ2v) is 6.67. The standard InChI is InChI=1S/C14H29N3/c1-13(2,17-10-8-15-9-11-17)12-16-14(3)6-4-5-7-14/h15-16H,4-12H2,1-3H3. The fourth-order valence-corrected chi connectivity index (χ4v) is 3.14. The Kier molecular flexibility index (Phi) is 4.11. The van der Waals surface area contributed by atoms with Crippen LogP contribution in [0.5, 0.6) is 0 Å². The van der Waals surface area contributed by atoms with Gasteiger partial charge in [0, 0.05) is 43.8 Å². The zero-order valence-corrected chi connectivity index (χ0v) is 11.8.